The molecule has 2 nitrogen and oxygen atoms in total. The van der Waals surface area contributed by atoms with Gasteiger partial charge in [-0.05, 0) is 6.92 Å². The van der Waals surface area contributed by atoms with Gasteiger partial charge in [0.05, 0.1) is 0 Å². The molecule has 0 saturated heterocycles. The third-order valence-electron chi connectivity index (χ3n) is 0.481. The summed E-state index contributed by atoms with van der Waals surface area (Å²) in [6, 6.07) is 0. The van der Waals surface area contributed by atoms with Gasteiger partial charge in [0, 0.05) is 0 Å². The summed E-state index contributed by atoms with van der Waals surface area (Å²) in [5.41, 5.74) is -0.332. The zero-order valence-electron chi connectivity index (χ0n) is 4.45. The van der Waals surface area contributed by atoms with E-state index in [2.05, 4.69) is 5.32 Å². The highest BCUT2D eigenvalue weighted by Gasteiger charge is 1.99. The van der Waals surface area contributed by atoms with Crippen LogP contribution in [-0.4, -0.2) is 17.3 Å². The molecule has 0 fully saturated rings. The van der Waals surface area contributed by atoms with E-state index < -0.39 is 0 Å². The molecular weight excluding hydrogens is 149 g/mol. The maximum atomic E-state index is 10.3. The Balaban J connectivity index is 3.25. The van der Waals surface area contributed by atoms with Gasteiger partial charge in [0.25, 0.3) is 0 Å². The number of halogens is 2. The van der Waals surface area contributed by atoms with Gasteiger partial charge in [0.1, 0.15) is 11.4 Å². The molecule has 8 heavy (non-hydrogen) atoms. The lowest BCUT2D eigenvalue weighted by Crippen LogP contribution is -2.29. The molecule has 0 aromatic rings. The molecule has 0 aromatic carbocycles. The van der Waals surface area contributed by atoms with Crippen LogP contribution in [0.1, 0.15) is 6.92 Å². The number of hydrogen-bond acceptors (Lipinski definition) is 1. The van der Waals surface area contributed by atoms with Crippen LogP contribution in [0.5, 0.6) is 0 Å². The van der Waals surface area contributed by atoms with Crippen LogP contribution in [0, 0.1) is 0 Å². The lowest BCUT2D eigenvalue weighted by atomic mass is 10.6. The molecule has 0 aliphatic heterocycles. The molecule has 0 heterocycles. The number of rotatable bonds is 2. The van der Waals surface area contributed by atoms with Crippen molar-refractivity contribution in [1.82, 2.24) is 5.32 Å². The van der Waals surface area contributed by atoms with Crippen LogP contribution in [0.3, 0.4) is 0 Å². The van der Waals surface area contributed by atoms with E-state index in [0.717, 1.165) is 0 Å². The lowest BCUT2D eigenvalue weighted by molar-refractivity contribution is -0.118. The van der Waals surface area contributed by atoms with Crippen molar-refractivity contribution in [3.63, 3.8) is 0 Å². The second kappa shape index (κ2) is 3.98. The van der Waals surface area contributed by atoms with Crippen molar-refractivity contribution in [2.45, 2.75) is 12.4 Å². The number of carbonyl (C=O) groups is 1. The molecule has 1 atom stereocenters. The van der Waals surface area contributed by atoms with E-state index in [-0.39, 0.29) is 17.3 Å². The van der Waals surface area contributed by atoms with Crippen molar-refractivity contribution in [2.24, 2.45) is 0 Å². The smallest absolute Gasteiger partial charge is 0.236 e. The van der Waals surface area contributed by atoms with Gasteiger partial charge in [-0.1, -0.05) is 11.6 Å². The zero-order valence-corrected chi connectivity index (χ0v) is 5.96. The molecule has 1 amide bonds. The molecule has 1 unspecified atom stereocenters. The first-order chi connectivity index (χ1) is 3.66. The third kappa shape index (κ3) is 4.22. The van der Waals surface area contributed by atoms with Crippen molar-refractivity contribution in [3.8, 4) is 0 Å². The first kappa shape index (κ1) is 8.05. The largest absolute Gasteiger partial charge is 0.339 e. The molecule has 0 aliphatic carbocycles. The fourth-order valence-electron chi connectivity index (χ4n) is 0.260. The van der Waals surface area contributed by atoms with Gasteiger partial charge in [-0.2, -0.15) is 0 Å². The Labute approximate surface area is 58.2 Å². The standard InChI is InChI=1S/C4H7Cl2NO/c1-3(6)7-4(8)2-5/h3H,2H2,1H3,(H,7,8). The Morgan fingerprint density at radius 1 is 1.88 bits per heavy atom. The summed E-state index contributed by atoms with van der Waals surface area (Å²) in [5, 5.41) is 2.39. The SMILES string of the molecule is CC(Cl)NC(=O)CCl. The van der Waals surface area contributed by atoms with Crippen LogP contribution in [0.2, 0.25) is 0 Å². The maximum Gasteiger partial charge on any atom is 0.236 e. The summed E-state index contributed by atoms with van der Waals surface area (Å²) in [6.45, 7) is 1.66. The first-order valence-corrected chi connectivity index (χ1v) is 3.13. The Kier molecular flexibility index (Phi) is 4.01. The maximum absolute atomic E-state index is 10.3. The van der Waals surface area contributed by atoms with Gasteiger partial charge in [0.15, 0.2) is 0 Å². The van der Waals surface area contributed by atoms with Crippen LogP contribution >= 0.6 is 23.2 Å². The normalized spacial score (nSPS) is 12.9. The molecule has 0 rings (SSSR count). The lowest BCUT2D eigenvalue weighted by Gasteiger charge is -2.01. The minimum absolute atomic E-state index is 0.0307. The van der Waals surface area contributed by atoms with Gasteiger partial charge in [-0.25, -0.2) is 0 Å². The number of hydrogen-bond donors (Lipinski definition) is 1. The Morgan fingerprint density at radius 2 is 2.38 bits per heavy atom. The summed E-state index contributed by atoms with van der Waals surface area (Å²) in [5.74, 6) is -0.272. The van der Waals surface area contributed by atoms with Gasteiger partial charge < -0.3 is 5.32 Å². The summed E-state index contributed by atoms with van der Waals surface area (Å²) in [6.07, 6.45) is 0. The number of nitrogens with one attached hydrogen (secondary N) is 1. The molecule has 0 aliphatic rings. The van der Waals surface area contributed by atoms with E-state index in [1.165, 1.54) is 0 Å². The molecular formula is C4H7Cl2NO. The highest BCUT2D eigenvalue weighted by molar-refractivity contribution is 6.28. The number of carbonyl (C=O) groups excluding carboxylic acids is 1. The van der Waals surface area contributed by atoms with Gasteiger partial charge >= 0.3 is 0 Å². The van der Waals surface area contributed by atoms with Crippen LogP contribution in [0.25, 0.3) is 0 Å². The highest BCUT2D eigenvalue weighted by Crippen LogP contribution is 1.86. The van der Waals surface area contributed by atoms with Crippen LogP contribution in [-0.2, 0) is 4.79 Å². The Hall–Kier alpha value is 0.0500. The molecule has 48 valence electrons. The molecule has 0 saturated carbocycles. The van der Waals surface area contributed by atoms with E-state index in [1.54, 1.807) is 6.92 Å². The molecule has 0 bridgehead atoms. The van der Waals surface area contributed by atoms with Gasteiger partial charge in [-0.3, -0.25) is 4.79 Å². The van der Waals surface area contributed by atoms with Crippen molar-refractivity contribution < 1.29 is 4.79 Å². The second-order valence-corrected chi connectivity index (χ2v) is 2.24. The fourth-order valence-corrected chi connectivity index (χ4v) is 0.459. The van der Waals surface area contributed by atoms with Crippen molar-refractivity contribution in [3.05, 3.63) is 0 Å². The monoisotopic (exact) mass is 155 g/mol. The van der Waals surface area contributed by atoms with Crippen LogP contribution < -0.4 is 5.32 Å². The predicted octanol–water partition coefficient (Wildman–Crippen LogP) is 0.926. The zero-order chi connectivity index (χ0) is 6.57. The summed E-state index contributed by atoms with van der Waals surface area (Å²) in [7, 11) is 0. The minimum Gasteiger partial charge on any atom is -0.339 e. The van der Waals surface area contributed by atoms with E-state index in [0.29, 0.717) is 0 Å². The van der Waals surface area contributed by atoms with E-state index in [1.807, 2.05) is 0 Å². The van der Waals surface area contributed by atoms with E-state index in [9.17, 15) is 4.79 Å². The molecule has 1 N–H and O–H groups in total. The van der Waals surface area contributed by atoms with Crippen LogP contribution in [0.4, 0.5) is 0 Å². The molecule has 0 aromatic heterocycles. The van der Waals surface area contributed by atoms with Crippen molar-refractivity contribution in [1.29, 1.82) is 0 Å². The quantitative estimate of drug-likeness (QED) is 0.467. The predicted molar refractivity (Wildman–Crippen MR) is 34.2 cm³/mol. The average molecular weight is 156 g/mol. The fraction of sp³-hybridized carbons (Fsp3) is 0.750. The third-order valence-corrected chi connectivity index (χ3v) is 0.833. The molecule has 4 heteroatoms. The number of alkyl halides is 2. The number of amides is 1. The van der Waals surface area contributed by atoms with Crippen molar-refractivity contribution in [2.75, 3.05) is 5.88 Å². The highest BCUT2D eigenvalue weighted by atomic mass is 35.5. The van der Waals surface area contributed by atoms with E-state index in [4.69, 9.17) is 23.2 Å². The molecule has 0 radical (unpaired) electrons. The van der Waals surface area contributed by atoms with Crippen molar-refractivity contribution >= 4 is 29.1 Å². The Morgan fingerprint density at radius 3 is 2.50 bits per heavy atom. The van der Waals surface area contributed by atoms with Gasteiger partial charge in [-0.15, -0.1) is 11.6 Å². The second-order valence-electron chi connectivity index (χ2n) is 1.32. The average Bonchev–Trinajstić information content (AvgIpc) is 1.65. The minimum atomic E-state index is -0.332. The van der Waals surface area contributed by atoms with Crippen LogP contribution in [0.15, 0.2) is 0 Å². The Bertz CT molecular complexity index is 84.1. The van der Waals surface area contributed by atoms with Gasteiger partial charge in [0.2, 0.25) is 5.91 Å². The summed E-state index contributed by atoms with van der Waals surface area (Å²) < 4.78 is 0. The van der Waals surface area contributed by atoms with E-state index >= 15 is 0 Å². The topological polar surface area (TPSA) is 29.1 Å². The summed E-state index contributed by atoms with van der Waals surface area (Å²) >= 11 is 10.5. The first-order valence-electron chi connectivity index (χ1n) is 2.16. The summed E-state index contributed by atoms with van der Waals surface area (Å²) in [4.78, 5) is 10.3. The molecule has 0 spiro atoms.